The Morgan fingerprint density at radius 2 is 2.06 bits per heavy atom. The Morgan fingerprint density at radius 1 is 1.38 bits per heavy atom. The van der Waals surface area contributed by atoms with Gasteiger partial charge in [-0.3, -0.25) is 9.59 Å². The van der Waals surface area contributed by atoms with E-state index in [1.54, 1.807) is 11.9 Å². The zero-order valence-corrected chi connectivity index (χ0v) is 9.74. The Morgan fingerprint density at radius 3 is 2.69 bits per heavy atom. The van der Waals surface area contributed by atoms with Crippen LogP contribution in [0.1, 0.15) is 12.8 Å². The molecule has 16 heavy (non-hydrogen) atoms. The highest BCUT2D eigenvalue weighted by atomic mass is 16.2. The molecule has 2 aliphatic heterocycles. The normalized spacial score (nSPS) is 27.1. The van der Waals surface area contributed by atoms with Gasteiger partial charge in [-0.15, -0.1) is 0 Å². The van der Waals surface area contributed by atoms with Crippen molar-refractivity contribution in [1.29, 1.82) is 0 Å². The predicted molar refractivity (Wildman–Crippen MR) is 59.8 cm³/mol. The Kier molecular flexibility index (Phi) is 3.43. The zero-order valence-electron chi connectivity index (χ0n) is 9.74. The topological polar surface area (TPSA) is 52.7 Å². The molecule has 0 aliphatic carbocycles. The summed E-state index contributed by atoms with van der Waals surface area (Å²) in [6.45, 7) is 3.95. The van der Waals surface area contributed by atoms with Crippen molar-refractivity contribution in [3.8, 4) is 0 Å². The minimum Gasteiger partial charge on any atom is -0.345 e. The number of hydrogen-bond acceptors (Lipinski definition) is 3. The van der Waals surface area contributed by atoms with E-state index >= 15 is 0 Å². The molecule has 2 rings (SSSR count). The van der Waals surface area contributed by atoms with E-state index in [0.717, 1.165) is 26.2 Å². The highest BCUT2D eigenvalue weighted by molar-refractivity contribution is 5.83. The molecular weight excluding hydrogens is 206 g/mol. The molecule has 0 bridgehead atoms. The van der Waals surface area contributed by atoms with Gasteiger partial charge in [-0.1, -0.05) is 0 Å². The van der Waals surface area contributed by atoms with E-state index in [-0.39, 0.29) is 17.7 Å². The first-order valence-corrected chi connectivity index (χ1v) is 5.92. The SMILES string of the molecule is CN1CC(C(=O)N2CCNCC2)CCC1=O. The van der Waals surface area contributed by atoms with Crippen LogP contribution >= 0.6 is 0 Å². The Labute approximate surface area is 95.8 Å². The summed E-state index contributed by atoms with van der Waals surface area (Å²) in [6.07, 6.45) is 1.23. The third-order valence-corrected chi connectivity index (χ3v) is 3.40. The molecule has 0 aromatic carbocycles. The van der Waals surface area contributed by atoms with Crippen molar-refractivity contribution in [2.24, 2.45) is 5.92 Å². The van der Waals surface area contributed by atoms with Crippen LogP contribution in [-0.4, -0.2) is 61.4 Å². The lowest BCUT2D eigenvalue weighted by Crippen LogP contribution is -2.51. The van der Waals surface area contributed by atoms with Crippen molar-refractivity contribution in [2.45, 2.75) is 12.8 Å². The maximum atomic E-state index is 12.2. The standard InChI is InChI=1S/C11H19N3O2/c1-13-8-9(2-3-10(13)15)11(16)14-6-4-12-5-7-14/h9,12H,2-8H2,1H3. The number of rotatable bonds is 1. The van der Waals surface area contributed by atoms with Crippen molar-refractivity contribution in [2.75, 3.05) is 39.8 Å². The Bertz CT molecular complexity index is 287. The highest BCUT2D eigenvalue weighted by Crippen LogP contribution is 2.18. The fraction of sp³-hybridized carbons (Fsp3) is 0.818. The van der Waals surface area contributed by atoms with E-state index in [4.69, 9.17) is 0 Å². The van der Waals surface area contributed by atoms with Gasteiger partial charge in [-0.05, 0) is 6.42 Å². The second-order valence-electron chi connectivity index (χ2n) is 4.59. The molecule has 0 aromatic heterocycles. The summed E-state index contributed by atoms with van der Waals surface area (Å²) < 4.78 is 0. The number of hydrogen-bond donors (Lipinski definition) is 1. The number of amides is 2. The van der Waals surface area contributed by atoms with Gasteiger partial charge in [-0.25, -0.2) is 0 Å². The molecule has 2 saturated heterocycles. The number of carbonyl (C=O) groups excluding carboxylic acids is 2. The largest absolute Gasteiger partial charge is 0.345 e. The van der Waals surface area contributed by atoms with Crippen LogP contribution in [0.3, 0.4) is 0 Å². The van der Waals surface area contributed by atoms with Gasteiger partial charge in [0.1, 0.15) is 0 Å². The lowest BCUT2D eigenvalue weighted by Gasteiger charge is -2.34. The van der Waals surface area contributed by atoms with E-state index in [0.29, 0.717) is 19.4 Å². The van der Waals surface area contributed by atoms with Gasteiger partial charge in [0.05, 0.1) is 5.92 Å². The number of likely N-dealkylation sites (tertiary alicyclic amines) is 1. The smallest absolute Gasteiger partial charge is 0.227 e. The summed E-state index contributed by atoms with van der Waals surface area (Å²) in [5.74, 6) is 0.394. The van der Waals surface area contributed by atoms with Crippen LogP contribution in [-0.2, 0) is 9.59 Å². The van der Waals surface area contributed by atoms with Gasteiger partial charge in [0.25, 0.3) is 0 Å². The maximum absolute atomic E-state index is 12.2. The summed E-state index contributed by atoms with van der Waals surface area (Å²) in [7, 11) is 1.78. The first-order valence-electron chi connectivity index (χ1n) is 5.92. The quantitative estimate of drug-likeness (QED) is 0.641. The Hall–Kier alpha value is -1.10. The van der Waals surface area contributed by atoms with Gasteiger partial charge in [0.15, 0.2) is 0 Å². The predicted octanol–water partition coefficient (Wildman–Crippen LogP) is -0.713. The van der Waals surface area contributed by atoms with E-state index in [9.17, 15) is 9.59 Å². The summed E-state index contributed by atoms with van der Waals surface area (Å²) in [5.41, 5.74) is 0. The van der Waals surface area contributed by atoms with Crippen LogP contribution in [0.25, 0.3) is 0 Å². The van der Waals surface area contributed by atoms with Crippen molar-refractivity contribution in [1.82, 2.24) is 15.1 Å². The molecule has 2 aliphatic rings. The molecule has 1 N–H and O–H groups in total. The lowest BCUT2D eigenvalue weighted by molar-refractivity contribution is -0.142. The molecule has 5 heteroatoms. The summed E-state index contributed by atoms with van der Waals surface area (Å²) in [5, 5.41) is 3.23. The van der Waals surface area contributed by atoms with Crippen molar-refractivity contribution < 1.29 is 9.59 Å². The minimum absolute atomic E-state index is 0.0146. The molecule has 0 aromatic rings. The second kappa shape index (κ2) is 4.82. The van der Waals surface area contributed by atoms with Crippen LogP contribution in [0, 0.1) is 5.92 Å². The fourth-order valence-electron chi connectivity index (χ4n) is 2.36. The van der Waals surface area contributed by atoms with Crippen LogP contribution in [0.5, 0.6) is 0 Å². The van der Waals surface area contributed by atoms with Gasteiger partial charge in [-0.2, -0.15) is 0 Å². The molecule has 0 radical (unpaired) electrons. The molecule has 0 saturated carbocycles. The monoisotopic (exact) mass is 225 g/mol. The first-order chi connectivity index (χ1) is 7.68. The van der Waals surface area contributed by atoms with E-state index < -0.39 is 0 Å². The highest BCUT2D eigenvalue weighted by Gasteiger charge is 2.31. The number of carbonyl (C=O) groups is 2. The van der Waals surface area contributed by atoms with E-state index in [1.165, 1.54) is 0 Å². The minimum atomic E-state index is 0.0146. The van der Waals surface area contributed by atoms with Crippen molar-refractivity contribution in [3.05, 3.63) is 0 Å². The summed E-state index contributed by atoms with van der Waals surface area (Å²) in [4.78, 5) is 27.1. The summed E-state index contributed by atoms with van der Waals surface area (Å²) in [6, 6.07) is 0. The molecule has 90 valence electrons. The Balaban J connectivity index is 1.91. The molecule has 5 nitrogen and oxygen atoms in total. The van der Waals surface area contributed by atoms with E-state index in [1.807, 2.05) is 4.90 Å². The molecular formula is C11H19N3O2. The van der Waals surface area contributed by atoms with Crippen molar-refractivity contribution >= 4 is 11.8 Å². The third-order valence-electron chi connectivity index (χ3n) is 3.40. The van der Waals surface area contributed by atoms with Gasteiger partial charge >= 0.3 is 0 Å². The van der Waals surface area contributed by atoms with Gasteiger partial charge in [0.2, 0.25) is 11.8 Å². The molecule has 2 heterocycles. The number of piperidine rings is 1. The van der Waals surface area contributed by atoms with Gasteiger partial charge in [0, 0.05) is 46.2 Å². The van der Waals surface area contributed by atoms with Crippen LogP contribution < -0.4 is 5.32 Å². The average Bonchev–Trinajstić information content (AvgIpc) is 2.33. The molecule has 2 fully saturated rings. The lowest BCUT2D eigenvalue weighted by atomic mass is 9.96. The number of nitrogens with zero attached hydrogens (tertiary/aromatic N) is 2. The third kappa shape index (κ3) is 2.35. The second-order valence-corrected chi connectivity index (χ2v) is 4.59. The fourth-order valence-corrected chi connectivity index (χ4v) is 2.36. The molecule has 2 amide bonds. The molecule has 1 atom stereocenters. The van der Waals surface area contributed by atoms with Crippen LogP contribution in [0.2, 0.25) is 0 Å². The summed E-state index contributed by atoms with van der Waals surface area (Å²) >= 11 is 0. The maximum Gasteiger partial charge on any atom is 0.227 e. The molecule has 1 unspecified atom stereocenters. The number of nitrogens with one attached hydrogen (secondary N) is 1. The number of piperazine rings is 1. The van der Waals surface area contributed by atoms with Crippen LogP contribution in [0.4, 0.5) is 0 Å². The first kappa shape index (κ1) is 11.4. The van der Waals surface area contributed by atoms with Gasteiger partial charge < -0.3 is 15.1 Å². The van der Waals surface area contributed by atoms with Crippen LogP contribution in [0.15, 0.2) is 0 Å². The zero-order chi connectivity index (χ0) is 11.5. The van der Waals surface area contributed by atoms with E-state index in [2.05, 4.69) is 5.32 Å². The average molecular weight is 225 g/mol. The molecule has 0 spiro atoms. The van der Waals surface area contributed by atoms with Crippen molar-refractivity contribution in [3.63, 3.8) is 0 Å².